The number of hydrogen-bond acceptors (Lipinski definition) is 5. The zero-order valence-electron chi connectivity index (χ0n) is 15.7. The van der Waals surface area contributed by atoms with Crippen LogP contribution < -0.4 is 0 Å². The monoisotopic (exact) mass is 400 g/mol. The van der Waals surface area contributed by atoms with Gasteiger partial charge in [0.05, 0.1) is 6.61 Å². The second-order valence-corrected chi connectivity index (χ2v) is 8.52. The van der Waals surface area contributed by atoms with Gasteiger partial charge in [0.25, 0.3) is 0 Å². The van der Waals surface area contributed by atoms with E-state index in [2.05, 4.69) is 4.90 Å². The summed E-state index contributed by atoms with van der Waals surface area (Å²) in [5, 5.41) is 11.0. The van der Waals surface area contributed by atoms with Gasteiger partial charge in [0, 0.05) is 60.0 Å². The zero-order valence-corrected chi connectivity index (χ0v) is 16.5. The third-order valence-electron chi connectivity index (χ3n) is 5.23. The van der Waals surface area contributed by atoms with Crippen molar-refractivity contribution in [1.82, 2.24) is 9.80 Å². The zero-order chi connectivity index (χ0) is 19.5. The van der Waals surface area contributed by atoms with Crippen LogP contribution in [0.3, 0.4) is 0 Å². The molecule has 1 N–H and O–H groups in total. The Kier molecular flexibility index (Phi) is 5.75. The van der Waals surface area contributed by atoms with Gasteiger partial charge in [-0.2, -0.15) is 0 Å². The van der Waals surface area contributed by atoms with Gasteiger partial charge in [-0.05, 0) is 17.7 Å². The van der Waals surface area contributed by atoms with E-state index in [0.717, 1.165) is 40.6 Å². The molecule has 4 rings (SSSR count). The van der Waals surface area contributed by atoms with E-state index in [1.165, 1.54) is 0 Å². The van der Waals surface area contributed by atoms with Crippen LogP contribution in [0.25, 0.3) is 21.9 Å². The summed E-state index contributed by atoms with van der Waals surface area (Å²) in [7, 11) is -1.28. The van der Waals surface area contributed by atoms with Crippen LogP contribution in [0, 0.1) is 0 Å². The van der Waals surface area contributed by atoms with Gasteiger partial charge in [0.2, 0.25) is 5.91 Å². The lowest BCUT2D eigenvalue weighted by Gasteiger charge is -2.34. The number of piperazine rings is 1. The van der Waals surface area contributed by atoms with Crippen molar-refractivity contribution in [3.05, 3.63) is 48.0 Å². The first-order chi connectivity index (χ1) is 13.7. The van der Waals surface area contributed by atoms with Crippen LogP contribution in [0.4, 0.5) is 0 Å². The molecular formula is C21H24N2O4S. The van der Waals surface area contributed by atoms with Gasteiger partial charge in [0.1, 0.15) is 16.9 Å². The number of hydrogen-bond donors (Lipinski definition) is 1. The van der Waals surface area contributed by atoms with E-state index in [4.69, 9.17) is 9.52 Å². The maximum atomic E-state index is 12.7. The SMILES string of the molecule is O=C(CS(=O)Cc1cccc2oc3ccccc3c12)N1CCN(CCO)CC1. The summed E-state index contributed by atoms with van der Waals surface area (Å²) in [5.74, 6) is 0.301. The molecule has 0 aliphatic carbocycles. The largest absolute Gasteiger partial charge is 0.456 e. The summed E-state index contributed by atoms with van der Waals surface area (Å²) in [6.45, 7) is 3.51. The number of carbonyl (C=O) groups excluding carboxylic acids is 1. The van der Waals surface area contributed by atoms with Gasteiger partial charge in [-0.1, -0.05) is 30.3 Å². The molecule has 1 unspecified atom stereocenters. The van der Waals surface area contributed by atoms with Crippen molar-refractivity contribution in [2.45, 2.75) is 5.75 Å². The number of para-hydroxylation sites is 1. The van der Waals surface area contributed by atoms with E-state index < -0.39 is 10.8 Å². The molecule has 1 atom stereocenters. The van der Waals surface area contributed by atoms with Crippen molar-refractivity contribution in [3.8, 4) is 0 Å². The maximum Gasteiger partial charge on any atom is 0.235 e. The van der Waals surface area contributed by atoms with Crippen molar-refractivity contribution in [2.75, 3.05) is 45.1 Å². The lowest BCUT2D eigenvalue weighted by atomic mass is 10.1. The number of carbonyl (C=O) groups is 1. The van der Waals surface area contributed by atoms with Crippen molar-refractivity contribution < 1.29 is 18.5 Å². The molecule has 28 heavy (non-hydrogen) atoms. The molecule has 1 fully saturated rings. The lowest BCUT2D eigenvalue weighted by molar-refractivity contribution is -0.130. The van der Waals surface area contributed by atoms with Gasteiger partial charge in [-0.15, -0.1) is 0 Å². The molecule has 148 valence electrons. The number of benzene rings is 2. The lowest BCUT2D eigenvalue weighted by Crippen LogP contribution is -2.50. The highest BCUT2D eigenvalue weighted by atomic mass is 32.2. The van der Waals surface area contributed by atoms with E-state index in [1.54, 1.807) is 4.90 Å². The molecule has 1 aliphatic heterocycles. The number of β-amino-alcohol motifs (C(OH)–C–C–N with tert-alkyl or cyclic N) is 1. The Morgan fingerprint density at radius 2 is 1.79 bits per heavy atom. The minimum absolute atomic E-state index is 0.0339. The molecule has 1 amide bonds. The average molecular weight is 401 g/mol. The van der Waals surface area contributed by atoms with E-state index in [0.29, 0.717) is 25.4 Å². The molecule has 6 nitrogen and oxygen atoms in total. The molecule has 1 aliphatic rings. The summed E-state index contributed by atoms with van der Waals surface area (Å²) in [6, 6.07) is 13.6. The molecule has 7 heteroatoms. The number of fused-ring (bicyclic) bond motifs is 3. The summed E-state index contributed by atoms with van der Waals surface area (Å²) in [5.41, 5.74) is 2.54. The third-order valence-corrected chi connectivity index (χ3v) is 6.43. The van der Waals surface area contributed by atoms with E-state index >= 15 is 0 Å². The first-order valence-electron chi connectivity index (χ1n) is 9.51. The van der Waals surface area contributed by atoms with Crippen LogP contribution in [-0.4, -0.2) is 70.1 Å². The molecule has 0 radical (unpaired) electrons. The van der Waals surface area contributed by atoms with Crippen molar-refractivity contribution in [3.63, 3.8) is 0 Å². The van der Waals surface area contributed by atoms with Gasteiger partial charge >= 0.3 is 0 Å². The van der Waals surface area contributed by atoms with Gasteiger partial charge in [-0.3, -0.25) is 13.9 Å². The quantitative estimate of drug-likeness (QED) is 0.685. The fourth-order valence-electron chi connectivity index (χ4n) is 3.78. The normalized spacial score (nSPS) is 16.7. The summed E-state index contributed by atoms with van der Waals surface area (Å²) >= 11 is 0. The highest BCUT2D eigenvalue weighted by molar-refractivity contribution is 7.84. The van der Waals surface area contributed by atoms with E-state index in [1.807, 2.05) is 42.5 Å². The predicted molar refractivity (Wildman–Crippen MR) is 111 cm³/mol. The topological polar surface area (TPSA) is 74.0 Å². The van der Waals surface area contributed by atoms with Gasteiger partial charge in [-0.25, -0.2) is 0 Å². The number of aliphatic hydroxyl groups is 1. The maximum absolute atomic E-state index is 12.7. The van der Waals surface area contributed by atoms with Gasteiger partial charge < -0.3 is 14.4 Å². The average Bonchev–Trinajstić information content (AvgIpc) is 3.08. The molecule has 0 bridgehead atoms. The Balaban J connectivity index is 1.44. The Morgan fingerprint density at radius 1 is 1.04 bits per heavy atom. The third kappa shape index (κ3) is 3.97. The van der Waals surface area contributed by atoms with Crippen molar-refractivity contribution in [2.24, 2.45) is 0 Å². The van der Waals surface area contributed by atoms with E-state index in [9.17, 15) is 9.00 Å². The highest BCUT2D eigenvalue weighted by Crippen LogP contribution is 2.31. The minimum Gasteiger partial charge on any atom is -0.456 e. The fraction of sp³-hybridized carbons (Fsp3) is 0.381. The summed E-state index contributed by atoms with van der Waals surface area (Å²) in [6.07, 6.45) is 0. The summed E-state index contributed by atoms with van der Waals surface area (Å²) in [4.78, 5) is 16.4. The second-order valence-electron chi connectivity index (χ2n) is 7.06. The van der Waals surface area contributed by atoms with Crippen LogP contribution in [-0.2, 0) is 21.3 Å². The number of aliphatic hydroxyl groups excluding tert-OH is 1. The van der Waals surface area contributed by atoms with Crippen LogP contribution in [0.15, 0.2) is 46.9 Å². The van der Waals surface area contributed by atoms with Crippen molar-refractivity contribution in [1.29, 1.82) is 0 Å². The van der Waals surface area contributed by atoms with Gasteiger partial charge in [0.15, 0.2) is 0 Å². The number of rotatable bonds is 6. The second kappa shape index (κ2) is 8.43. The smallest absolute Gasteiger partial charge is 0.235 e. The molecule has 3 aromatic rings. The Morgan fingerprint density at radius 3 is 2.57 bits per heavy atom. The van der Waals surface area contributed by atoms with Crippen LogP contribution in [0.2, 0.25) is 0 Å². The van der Waals surface area contributed by atoms with E-state index in [-0.39, 0.29) is 18.3 Å². The Hall–Kier alpha value is -2.22. The predicted octanol–water partition coefficient (Wildman–Crippen LogP) is 1.97. The fourth-order valence-corrected chi connectivity index (χ4v) is 4.93. The number of nitrogens with zero attached hydrogens (tertiary/aromatic N) is 2. The molecule has 2 heterocycles. The van der Waals surface area contributed by atoms with Crippen LogP contribution in [0.1, 0.15) is 5.56 Å². The number of furan rings is 1. The molecule has 2 aromatic carbocycles. The first-order valence-corrected chi connectivity index (χ1v) is 11.0. The number of amides is 1. The Bertz CT molecular complexity index is 1010. The van der Waals surface area contributed by atoms with Crippen molar-refractivity contribution >= 4 is 38.6 Å². The minimum atomic E-state index is -1.28. The first kappa shape index (κ1) is 19.1. The highest BCUT2D eigenvalue weighted by Gasteiger charge is 2.22. The molecule has 1 saturated heterocycles. The van der Waals surface area contributed by atoms with Crippen LogP contribution >= 0.6 is 0 Å². The molecular weight excluding hydrogens is 376 g/mol. The Labute approximate surface area is 166 Å². The molecule has 0 saturated carbocycles. The van der Waals surface area contributed by atoms with Crippen LogP contribution in [0.5, 0.6) is 0 Å². The molecule has 0 spiro atoms. The standard InChI is InChI=1S/C21H24N2O4S/c24-13-12-22-8-10-23(11-9-22)20(25)15-28(26)14-16-4-3-7-19-21(16)17-5-1-2-6-18(17)27-19/h1-7,24H,8-15H2. The summed E-state index contributed by atoms with van der Waals surface area (Å²) < 4.78 is 18.6. The molecule has 1 aromatic heterocycles.